The highest BCUT2D eigenvalue weighted by molar-refractivity contribution is 6.15. The van der Waals surface area contributed by atoms with Crippen molar-refractivity contribution in [3.8, 4) is 5.75 Å². The van der Waals surface area contributed by atoms with Crippen LogP contribution in [0.2, 0.25) is 0 Å². The maximum atomic E-state index is 5.64. The van der Waals surface area contributed by atoms with Crippen molar-refractivity contribution in [2.24, 2.45) is 4.99 Å². The number of fused-ring (bicyclic) bond motifs is 1. The van der Waals surface area contributed by atoms with E-state index in [1.54, 1.807) is 7.11 Å². The van der Waals surface area contributed by atoms with Crippen LogP contribution in [0.15, 0.2) is 41.5 Å². The summed E-state index contributed by atoms with van der Waals surface area (Å²) < 4.78 is 11.0. The average molecular weight is 323 g/mol. The lowest BCUT2D eigenvalue weighted by Gasteiger charge is -2.39. The molecular weight excluding hydrogens is 302 g/mol. The number of methoxy groups -OCH3 is 1. The fourth-order valence-electron chi connectivity index (χ4n) is 3.18. The molecule has 124 valence electrons. The van der Waals surface area contributed by atoms with E-state index >= 15 is 0 Å². The Hall–Kier alpha value is -2.40. The van der Waals surface area contributed by atoms with E-state index in [0.717, 1.165) is 48.0 Å². The van der Waals surface area contributed by atoms with E-state index in [-0.39, 0.29) is 0 Å². The number of pyridine rings is 1. The quantitative estimate of drug-likeness (QED) is 0.849. The monoisotopic (exact) mass is 323 g/mol. The Kier molecular flexibility index (Phi) is 3.94. The Morgan fingerprint density at radius 1 is 1.21 bits per heavy atom. The number of anilines is 1. The molecule has 5 heteroatoms. The molecule has 2 aliphatic rings. The highest BCUT2D eigenvalue weighted by atomic mass is 16.5. The fraction of sp³-hybridized carbons (Fsp3) is 0.368. The second-order valence-corrected chi connectivity index (χ2v) is 6.08. The molecule has 0 aliphatic carbocycles. The molecule has 0 N–H and O–H groups in total. The molecule has 4 rings (SSSR count). The van der Waals surface area contributed by atoms with Gasteiger partial charge in [0.25, 0.3) is 0 Å². The van der Waals surface area contributed by atoms with E-state index in [1.807, 2.05) is 25.3 Å². The van der Waals surface area contributed by atoms with Crippen molar-refractivity contribution >= 4 is 11.5 Å². The summed E-state index contributed by atoms with van der Waals surface area (Å²) in [5, 5.41) is 0. The van der Waals surface area contributed by atoms with Crippen LogP contribution in [0.5, 0.6) is 5.75 Å². The Morgan fingerprint density at radius 3 is 2.88 bits per heavy atom. The number of aromatic nitrogens is 1. The van der Waals surface area contributed by atoms with Crippen LogP contribution >= 0.6 is 0 Å². The third kappa shape index (κ3) is 2.65. The van der Waals surface area contributed by atoms with Gasteiger partial charge in [-0.3, -0.25) is 4.99 Å². The third-order valence-corrected chi connectivity index (χ3v) is 4.58. The molecule has 1 fully saturated rings. The van der Waals surface area contributed by atoms with Crippen LogP contribution in [-0.4, -0.2) is 43.6 Å². The van der Waals surface area contributed by atoms with Gasteiger partial charge in [-0.15, -0.1) is 0 Å². The van der Waals surface area contributed by atoms with E-state index < -0.39 is 0 Å². The van der Waals surface area contributed by atoms with Crippen LogP contribution in [0.3, 0.4) is 0 Å². The van der Waals surface area contributed by atoms with Gasteiger partial charge in [-0.05, 0) is 36.8 Å². The summed E-state index contributed by atoms with van der Waals surface area (Å²) in [5.41, 5.74) is 4.54. The molecule has 0 atom stereocenters. The van der Waals surface area contributed by atoms with Crippen LogP contribution < -0.4 is 9.64 Å². The first-order valence-corrected chi connectivity index (χ1v) is 8.33. The summed E-state index contributed by atoms with van der Waals surface area (Å²) in [6.45, 7) is 5.18. The van der Waals surface area contributed by atoms with Crippen LogP contribution in [0, 0.1) is 0 Å². The largest absolute Gasteiger partial charge is 0.494 e. The summed E-state index contributed by atoms with van der Waals surface area (Å²) in [6, 6.07) is 10.4. The molecule has 5 nitrogen and oxygen atoms in total. The Labute approximate surface area is 141 Å². The van der Waals surface area contributed by atoms with Gasteiger partial charge in [-0.2, -0.15) is 0 Å². The molecule has 0 radical (unpaired) electrons. The van der Waals surface area contributed by atoms with Crippen molar-refractivity contribution in [2.45, 2.75) is 19.6 Å². The van der Waals surface area contributed by atoms with Gasteiger partial charge in [-0.25, -0.2) is 4.98 Å². The highest BCUT2D eigenvalue weighted by Crippen LogP contribution is 2.29. The SMILES string of the molecule is CCOc1ccc2c(c1)C(c1ccnc(N3CC(OC)C3)c1)=NC2. The minimum absolute atomic E-state index is 0.314. The van der Waals surface area contributed by atoms with Gasteiger partial charge in [-0.1, -0.05) is 6.07 Å². The van der Waals surface area contributed by atoms with E-state index in [9.17, 15) is 0 Å². The number of ether oxygens (including phenoxy) is 2. The average Bonchev–Trinajstić information content (AvgIpc) is 2.98. The van der Waals surface area contributed by atoms with Crippen LogP contribution in [0.1, 0.15) is 23.6 Å². The van der Waals surface area contributed by atoms with Crippen LogP contribution in [0.25, 0.3) is 0 Å². The minimum Gasteiger partial charge on any atom is -0.494 e. The molecule has 0 unspecified atom stereocenters. The van der Waals surface area contributed by atoms with Gasteiger partial charge < -0.3 is 14.4 Å². The maximum Gasteiger partial charge on any atom is 0.129 e. The zero-order valence-corrected chi connectivity index (χ0v) is 14.0. The van der Waals surface area contributed by atoms with Gasteiger partial charge >= 0.3 is 0 Å². The Bertz CT molecular complexity index is 782. The maximum absolute atomic E-state index is 5.64. The molecule has 2 aliphatic heterocycles. The Balaban J connectivity index is 1.61. The lowest BCUT2D eigenvalue weighted by atomic mass is 10.00. The summed E-state index contributed by atoms with van der Waals surface area (Å²) in [4.78, 5) is 11.5. The Morgan fingerprint density at radius 2 is 2.08 bits per heavy atom. The van der Waals surface area contributed by atoms with Gasteiger partial charge in [0.05, 0.1) is 25.0 Å². The normalized spacial score (nSPS) is 16.6. The second kappa shape index (κ2) is 6.24. The first kappa shape index (κ1) is 15.1. The fourth-order valence-corrected chi connectivity index (χ4v) is 3.18. The lowest BCUT2D eigenvalue weighted by molar-refractivity contribution is 0.0783. The van der Waals surface area contributed by atoms with Crippen LogP contribution in [0.4, 0.5) is 5.82 Å². The van der Waals surface area contributed by atoms with E-state index in [2.05, 4.69) is 28.1 Å². The zero-order valence-electron chi connectivity index (χ0n) is 14.0. The minimum atomic E-state index is 0.314. The van der Waals surface area contributed by atoms with Gasteiger partial charge in [0.15, 0.2) is 0 Å². The van der Waals surface area contributed by atoms with Crippen LogP contribution in [-0.2, 0) is 11.3 Å². The first-order valence-electron chi connectivity index (χ1n) is 8.33. The molecular formula is C19H21N3O2. The topological polar surface area (TPSA) is 47.0 Å². The summed E-state index contributed by atoms with van der Waals surface area (Å²) in [5.74, 6) is 1.88. The van der Waals surface area contributed by atoms with Crippen molar-refractivity contribution in [3.63, 3.8) is 0 Å². The predicted octanol–water partition coefficient (Wildman–Crippen LogP) is 2.67. The smallest absolute Gasteiger partial charge is 0.129 e. The van der Waals surface area contributed by atoms with Crippen molar-refractivity contribution in [1.29, 1.82) is 0 Å². The molecule has 24 heavy (non-hydrogen) atoms. The lowest BCUT2D eigenvalue weighted by Crippen LogP contribution is -2.52. The highest BCUT2D eigenvalue weighted by Gasteiger charge is 2.28. The summed E-state index contributed by atoms with van der Waals surface area (Å²) in [7, 11) is 1.76. The van der Waals surface area contributed by atoms with Gasteiger partial charge in [0.1, 0.15) is 11.6 Å². The number of nitrogens with zero attached hydrogens (tertiary/aromatic N) is 3. The molecule has 0 saturated carbocycles. The third-order valence-electron chi connectivity index (χ3n) is 4.58. The van der Waals surface area contributed by atoms with Gasteiger partial charge in [0.2, 0.25) is 0 Å². The molecule has 1 aromatic carbocycles. The number of hydrogen-bond donors (Lipinski definition) is 0. The number of aliphatic imine (C=N–C) groups is 1. The van der Waals surface area contributed by atoms with Crippen molar-refractivity contribution in [2.75, 3.05) is 31.7 Å². The van der Waals surface area contributed by atoms with Crippen molar-refractivity contribution in [3.05, 3.63) is 53.2 Å². The molecule has 1 aromatic heterocycles. The number of benzene rings is 1. The summed E-state index contributed by atoms with van der Waals surface area (Å²) >= 11 is 0. The molecule has 0 spiro atoms. The molecule has 0 bridgehead atoms. The molecule has 2 aromatic rings. The van der Waals surface area contributed by atoms with E-state index in [1.165, 1.54) is 5.56 Å². The van der Waals surface area contributed by atoms with Gasteiger partial charge in [0, 0.05) is 37.5 Å². The number of rotatable bonds is 5. The zero-order chi connectivity index (χ0) is 16.5. The van der Waals surface area contributed by atoms with E-state index in [0.29, 0.717) is 12.7 Å². The van der Waals surface area contributed by atoms with E-state index in [4.69, 9.17) is 14.5 Å². The first-order chi connectivity index (χ1) is 11.8. The standard InChI is InChI=1S/C19H21N3O2/c1-3-24-15-5-4-14-10-21-19(17(14)9-15)13-6-7-20-18(8-13)22-11-16(12-22)23-2/h4-9,16H,3,10-12H2,1-2H3. The molecule has 1 saturated heterocycles. The summed E-state index contributed by atoms with van der Waals surface area (Å²) in [6.07, 6.45) is 2.17. The second-order valence-electron chi connectivity index (χ2n) is 6.08. The molecule has 0 amide bonds. The molecule has 3 heterocycles. The van der Waals surface area contributed by atoms with Crippen molar-refractivity contribution in [1.82, 2.24) is 4.98 Å². The van der Waals surface area contributed by atoms with Crippen molar-refractivity contribution < 1.29 is 9.47 Å². The predicted molar refractivity (Wildman–Crippen MR) is 94.2 cm³/mol. The number of hydrogen-bond acceptors (Lipinski definition) is 5.